The Morgan fingerprint density at radius 2 is 2.05 bits per heavy atom. The van der Waals surface area contributed by atoms with Crippen LogP contribution in [0.2, 0.25) is 0 Å². The van der Waals surface area contributed by atoms with Crippen molar-refractivity contribution in [1.82, 2.24) is 4.90 Å². The number of ether oxygens (including phenoxy) is 1. The van der Waals surface area contributed by atoms with Gasteiger partial charge in [-0.15, -0.1) is 0 Å². The molecule has 1 saturated heterocycles. The molecule has 1 aromatic carbocycles. The highest BCUT2D eigenvalue weighted by Gasteiger charge is 2.22. The first kappa shape index (κ1) is 13.8. The molecule has 1 aliphatic heterocycles. The van der Waals surface area contributed by atoms with E-state index in [1.165, 1.54) is 0 Å². The van der Waals surface area contributed by atoms with Gasteiger partial charge in [-0.2, -0.15) is 0 Å². The normalized spacial score (nSPS) is 24.3. The molecule has 6 heteroatoms. The second-order valence-electron chi connectivity index (χ2n) is 5.10. The van der Waals surface area contributed by atoms with Gasteiger partial charge in [0.1, 0.15) is 5.69 Å². The zero-order chi connectivity index (χ0) is 14.0. The van der Waals surface area contributed by atoms with E-state index in [-0.39, 0.29) is 23.6 Å². The Kier molecular flexibility index (Phi) is 4.01. The summed E-state index contributed by atoms with van der Waals surface area (Å²) in [7, 11) is 0. The lowest BCUT2D eigenvalue weighted by Crippen LogP contribution is -2.44. The Morgan fingerprint density at radius 1 is 1.42 bits per heavy atom. The van der Waals surface area contributed by atoms with E-state index in [1.807, 2.05) is 19.9 Å². The molecule has 19 heavy (non-hydrogen) atoms. The van der Waals surface area contributed by atoms with E-state index in [4.69, 9.17) is 10.5 Å². The molecule has 2 atom stereocenters. The van der Waals surface area contributed by atoms with Crippen molar-refractivity contribution in [2.24, 2.45) is 0 Å². The number of nitrogens with zero attached hydrogens (tertiary/aromatic N) is 2. The van der Waals surface area contributed by atoms with Gasteiger partial charge in [-0.1, -0.05) is 6.07 Å². The van der Waals surface area contributed by atoms with Gasteiger partial charge in [-0.25, -0.2) is 0 Å². The SMILES string of the molecule is C[C@@H]1CN(Cc2ccc(N)c([N+](=O)[O-])c2)C[C@H](C)O1. The summed E-state index contributed by atoms with van der Waals surface area (Å²) in [5.41, 5.74) is 6.68. The lowest BCUT2D eigenvalue weighted by molar-refractivity contribution is -0.384. The number of morpholine rings is 1. The molecule has 1 aromatic rings. The van der Waals surface area contributed by atoms with E-state index < -0.39 is 4.92 Å². The van der Waals surface area contributed by atoms with Gasteiger partial charge in [0.25, 0.3) is 5.69 Å². The molecule has 0 aliphatic carbocycles. The predicted octanol–water partition coefficient (Wildman–Crippen LogP) is 1.79. The number of nitrogen functional groups attached to an aromatic ring is 1. The van der Waals surface area contributed by atoms with Crippen LogP contribution in [0.5, 0.6) is 0 Å². The van der Waals surface area contributed by atoms with Crippen molar-refractivity contribution < 1.29 is 9.66 Å². The molecule has 0 aromatic heterocycles. The van der Waals surface area contributed by atoms with Crippen LogP contribution in [-0.4, -0.2) is 35.1 Å². The number of nitro benzene ring substituents is 1. The number of anilines is 1. The van der Waals surface area contributed by atoms with Crippen LogP contribution in [0.4, 0.5) is 11.4 Å². The molecular weight excluding hydrogens is 246 g/mol. The molecule has 0 bridgehead atoms. The average Bonchev–Trinajstić information content (AvgIpc) is 2.30. The van der Waals surface area contributed by atoms with Gasteiger partial charge in [-0.3, -0.25) is 15.0 Å². The Morgan fingerprint density at radius 3 is 2.63 bits per heavy atom. The fraction of sp³-hybridized carbons (Fsp3) is 0.538. The number of benzene rings is 1. The van der Waals surface area contributed by atoms with Crippen LogP contribution in [0.3, 0.4) is 0 Å². The van der Waals surface area contributed by atoms with Gasteiger partial charge in [0.05, 0.1) is 17.1 Å². The van der Waals surface area contributed by atoms with E-state index in [0.717, 1.165) is 18.7 Å². The number of hydrogen-bond donors (Lipinski definition) is 1. The molecule has 104 valence electrons. The molecule has 0 amide bonds. The number of nitrogens with two attached hydrogens (primary N) is 1. The van der Waals surface area contributed by atoms with Gasteiger partial charge in [0, 0.05) is 25.7 Å². The molecular formula is C13H19N3O3. The zero-order valence-corrected chi connectivity index (χ0v) is 11.2. The molecule has 2 N–H and O–H groups in total. The molecule has 1 heterocycles. The summed E-state index contributed by atoms with van der Waals surface area (Å²) in [5, 5.41) is 10.9. The van der Waals surface area contributed by atoms with Crippen molar-refractivity contribution in [1.29, 1.82) is 0 Å². The summed E-state index contributed by atoms with van der Waals surface area (Å²) < 4.78 is 5.67. The maximum Gasteiger partial charge on any atom is 0.292 e. The standard InChI is InChI=1S/C13H19N3O3/c1-9-6-15(7-10(2)19-9)8-11-3-4-12(14)13(5-11)16(17)18/h3-5,9-10H,6-8,14H2,1-2H3/t9-,10+. The van der Waals surface area contributed by atoms with Crippen LogP contribution in [0.25, 0.3) is 0 Å². The molecule has 1 aliphatic rings. The summed E-state index contributed by atoms with van der Waals surface area (Å²) in [6.07, 6.45) is 0.375. The van der Waals surface area contributed by atoms with Crippen LogP contribution in [0.1, 0.15) is 19.4 Å². The smallest absolute Gasteiger partial charge is 0.292 e. The second kappa shape index (κ2) is 5.54. The van der Waals surface area contributed by atoms with E-state index in [0.29, 0.717) is 6.54 Å². The van der Waals surface area contributed by atoms with Gasteiger partial charge < -0.3 is 10.5 Å². The molecule has 0 saturated carbocycles. The van der Waals surface area contributed by atoms with Gasteiger partial charge in [0.15, 0.2) is 0 Å². The van der Waals surface area contributed by atoms with E-state index in [1.54, 1.807) is 12.1 Å². The quantitative estimate of drug-likeness (QED) is 0.512. The fourth-order valence-corrected chi connectivity index (χ4v) is 2.52. The summed E-state index contributed by atoms with van der Waals surface area (Å²) >= 11 is 0. The first-order chi connectivity index (χ1) is 8.95. The number of nitro groups is 1. The summed E-state index contributed by atoms with van der Waals surface area (Å²) in [4.78, 5) is 12.7. The van der Waals surface area contributed by atoms with Crippen LogP contribution in [0.15, 0.2) is 18.2 Å². The minimum atomic E-state index is -0.441. The third kappa shape index (κ3) is 3.42. The Balaban J connectivity index is 2.10. The predicted molar refractivity (Wildman–Crippen MR) is 72.8 cm³/mol. The second-order valence-corrected chi connectivity index (χ2v) is 5.10. The van der Waals surface area contributed by atoms with Gasteiger partial charge in [-0.05, 0) is 25.5 Å². The van der Waals surface area contributed by atoms with Crippen molar-refractivity contribution in [3.8, 4) is 0 Å². The van der Waals surface area contributed by atoms with Crippen molar-refractivity contribution in [3.63, 3.8) is 0 Å². The lowest BCUT2D eigenvalue weighted by atomic mass is 10.1. The highest BCUT2D eigenvalue weighted by molar-refractivity contribution is 5.59. The Labute approximate surface area is 112 Å². The molecule has 0 unspecified atom stereocenters. The monoisotopic (exact) mass is 265 g/mol. The number of hydrogen-bond acceptors (Lipinski definition) is 5. The molecule has 1 fully saturated rings. The van der Waals surface area contributed by atoms with Crippen molar-refractivity contribution >= 4 is 11.4 Å². The maximum absolute atomic E-state index is 10.9. The Hall–Kier alpha value is -1.66. The topological polar surface area (TPSA) is 81.6 Å². The summed E-state index contributed by atoms with van der Waals surface area (Å²) in [6.45, 7) is 6.42. The summed E-state index contributed by atoms with van der Waals surface area (Å²) in [6, 6.07) is 4.99. The van der Waals surface area contributed by atoms with E-state index >= 15 is 0 Å². The van der Waals surface area contributed by atoms with E-state index in [2.05, 4.69) is 4.90 Å². The van der Waals surface area contributed by atoms with Crippen molar-refractivity contribution in [2.45, 2.75) is 32.6 Å². The maximum atomic E-state index is 10.9. The average molecular weight is 265 g/mol. The molecule has 0 spiro atoms. The van der Waals surface area contributed by atoms with Crippen molar-refractivity contribution in [3.05, 3.63) is 33.9 Å². The zero-order valence-electron chi connectivity index (χ0n) is 11.2. The van der Waals surface area contributed by atoms with Crippen LogP contribution in [0, 0.1) is 10.1 Å². The minimum absolute atomic E-state index is 0.0214. The third-order valence-electron chi connectivity index (χ3n) is 3.19. The van der Waals surface area contributed by atoms with Crippen LogP contribution < -0.4 is 5.73 Å². The Bertz CT molecular complexity index is 468. The molecule has 6 nitrogen and oxygen atoms in total. The highest BCUT2D eigenvalue weighted by atomic mass is 16.6. The lowest BCUT2D eigenvalue weighted by Gasteiger charge is -2.35. The van der Waals surface area contributed by atoms with Gasteiger partial charge >= 0.3 is 0 Å². The summed E-state index contributed by atoms with van der Waals surface area (Å²) in [5.74, 6) is 0. The minimum Gasteiger partial charge on any atom is -0.393 e. The first-order valence-corrected chi connectivity index (χ1v) is 6.36. The molecule has 2 rings (SSSR count). The molecule has 0 radical (unpaired) electrons. The van der Waals surface area contributed by atoms with Crippen LogP contribution in [-0.2, 0) is 11.3 Å². The fourth-order valence-electron chi connectivity index (χ4n) is 2.52. The largest absolute Gasteiger partial charge is 0.393 e. The third-order valence-corrected chi connectivity index (χ3v) is 3.19. The highest BCUT2D eigenvalue weighted by Crippen LogP contribution is 2.23. The number of rotatable bonds is 3. The van der Waals surface area contributed by atoms with E-state index in [9.17, 15) is 10.1 Å². The van der Waals surface area contributed by atoms with Crippen LogP contribution >= 0.6 is 0 Å². The first-order valence-electron chi connectivity index (χ1n) is 6.36. The van der Waals surface area contributed by atoms with Gasteiger partial charge in [0.2, 0.25) is 0 Å². The van der Waals surface area contributed by atoms with Crippen molar-refractivity contribution in [2.75, 3.05) is 18.8 Å².